The highest BCUT2D eigenvalue weighted by molar-refractivity contribution is 6.30. The van der Waals surface area contributed by atoms with Crippen molar-refractivity contribution in [3.63, 3.8) is 0 Å². The second-order valence-corrected chi connectivity index (χ2v) is 4.17. The smallest absolute Gasteiger partial charge is 0.343 e. The zero-order valence-corrected chi connectivity index (χ0v) is 10.9. The predicted molar refractivity (Wildman–Crippen MR) is 70.2 cm³/mol. The molecule has 0 heterocycles. The van der Waals surface area contributed by atoms with Crippen molar-refractivity contribution in [3.8, 4) is 0 Å². The van der Waals surface area contributed by atoms with Crippen molar-refractivity contribution >= 4 is 23.3 Å². The minimum absolute atomic E-state index is 0.00386. The summed E-state index contributed by atoms with van der Waals surface area (Å²) in [6.07, 6.45) is 0.222. The number of benzene rings is 1. The Morgan fingerprint density at radius 3 is 2.39 bits per heavy atom. The van der Waals surface area contributed by atoms with Crippen molar-refractivity contribution in [2.24, 2.45) is 0 Å². The van der Waals surface area contributed by atoms with Gasteiger partial charge in [0.1, 0.15) is 11.3 Å². The van der Waals surface area contributed by atoms with Gasteiger partial charge in [0, 0.05) is 11.4 Å². The molecular weight excluding hydrogens is 254 g/mol. The Bertz CT molecular complexity index is 487. The molecule has 4 nitrogen and oxygen atoms in total. The van der Waals surface area contributed by atoms with Gasteiger partial charge in [0.2, 0.25) is 0 Å². The summed E-state index contributed by atoms with van der Waals surface area (Å²) in [6.45, 7) is 1.35. The molecule has 96 valence electrons. The van der Waals surface area contributed by atoms with Crippen LogP contribution in [0, 0.1) is 5.41 Å². The number of rotatable bonds is 4. The molecule has 0 bridgehead atoms. The first-order valence-corrected chi connectivity index (χ1v) is 5.64. The minimum Gasteiger partial charge on any atom is -0.512 e. The van der Waals surface area contributed by atoms with Gasteiger partial charge < -0.3 is 15.3 Å². The van der Waals surface area contributed by atoms with Gasteiger partial charge in [-0.3, -0.25) is 0 Å². The van der Waals surface area contributed by atoms with Gasteiger partial charge in [-0.25, -0.2) is 4.79 Å². The Kier molecular flexibility index (Phi) is 4.92. The fourth-order valence-electron chi connectivity index (χ4n) is 1.49. The summed E-state index contributed by atoms with van der Waals surface area (Å²) >= 11 is 5.76. The van der Waals surface area contributed by atoms with Crippen molar-refractivity contribution in [1.82, 2.24) is 0 Å². The Balaban J connectivity index is 2.90. The summed E-state index contributed by atoms with van der Waals surface area (Å²) in [4.78, 5) is 11.4. The third-order valence-corrected chi connectivity index (χ3v) is 2.60. The largest absolute Gasteiger partial charge is 0.512 e. The fraction of sp³-hybridized carbons (Fsp3) is 0.231. The Labute approximate surface area is 110 Å². The van der Waals surface area contributed by atoms with Crippen LogP contribution < -0.4 is 0 Å². The Morgan fingerprint density at radius 1 is 1.39 bits per heavy atom. The quantitative estimate of drug-likeness (QED) is 0.381. The van der Waals surface area contributed by atoms with Crippen LogP contribution in [0.4, 0.5) is 0 Å². The third kappa shape index (κ3) is 3.60. The lowest BCUT2D eigenvalue weighted by atomic mass is 10.0. The van der Waals surface area contributed by atoms with Crippen molar-refractivity contribution < 1.29 is 14.6 Å². The van der Waals surface area contributed by atoms with Gasteiger partial charge >= 0.3 is 5.97 Å². The predicted octanol–water partition coefficient (Wildman–Crippen LogP) is 2.91. The van der Waals surface area contributed by atoms with E-state index in [9.17, 15) is 9.90 Å². The first kappa shape index (κ1) is 14.3. The van der Waals surface area contributed by atoms with Gasteiger partial charge in [0.15, 0.2) is 0 Å². The van der Waals surface area contributed by atoms with Gasteiger partial charge in [-0.15, -0.1) is 0 Å². The van der Waals surface area contributed by atoms with E-state index in [1.165, 1.54) is 14.0 Å². The van der Waals surface area contributed by atoms with Crippen LogP contribution in [0.3, 0.4) is 0 Å². The van der Waals surface area contributed by atoms with Crippen molar-refractivity contribution in [1.29, 1.82) is 5.41 Å². The number of aliphatic hydroxyl groups is 1. The van der Waals surface area contributed by atoms with E-state index in [0.29, 0.717) is 5.02 Å². The number of ether oxygens (including phenoxy) is 1. The molecule has 0 aliphatic rings. The topological polar surface area (TPSA) is 70.4 Å². The Morgan fingerprint density at radius 2 is 1.94 bits per heavy atom. The molecule has 0 amide bonds. The van der Waals surface area contributed by atoms with E-state index < -0.39 is 5.97 Å². The van der Waals surface area contributed by atoms with E-state index in [1.807, 2.05) is 0 Å². The van der Waals surface area contributed by atoms with Gasteiger partial charge in [-0.05, 0) is 24.6 Å². The molecule has 1 aromatic rings. The summed E-state index contributed by atoms with van der Waals surface area (Å²) in [7, 11) is 1.21. The molecular formula is C13H14ClNO3. The van der Waals surface area contributed by atoms with Crippen LogP contribution in [0.5, 0.6) is 0 Å². The highest BCUT2D eigenvalue weighted by Crippen LogP contribution is 2.13. The number of hydrogen-bond donors (Lipinski definition) is 2. The van der Waals surface area contributed by atoms with E-state index in [1.54, 1.807) is 24.3 Å². The number of halogens is 1. The standard InChI is InChI=1S/C13H14ClNO3/c1-8(16)12(13(17)18-2)11(15)7-9-3-5-10(14)6-4-9/h3-6,15-16H,7H2,1-2H3. The van der Waals surface area contributed by atoms with Crippen LogP contribution in [0.25, 0.3) is 0 Å². The number of nitrogens with one attached hydrogen (secondary N) is 1. The molecule has 1 aromatic carbocycles. The maximum atomic E-state index is 11.4. The number of allylic oxidation sites excluding steroid dienone is 1. The summed E-state index contributed by atoms with van der Waals surface area (Å²) in [5.74, 6) is -0.935. The van der Waals surface area contributed by atoms with Crippen LogP contribution in [-0.2, 0) is 16.0 Å². The lowest BCUT2D eigenvalue weighted by molar-refractivity contribution is -0.135. The van der Waals surface area contributed by atoms with Crippen molar-refractivity contribution in [2.75, 3.05) is 7.11 Å². The number of aliphatic hydroxyl groups excluding tert-OH is 1. The molecule has 0 spiro atoms. The van der Waals surface area contributed by atoms with Crippen LogP contribution in [0.1, 0.15) is 12.5 Å². The second kappa shape index (κ2) is 6.21. The molecule has 0 atom stereocenters. The van der Waals surface area contributed by atoms with Crippen LogP contribution in [0.2, 0.25) is 5.02 Å². The number of methoxy groups -OCH3 is 1. The molecule has 5 heteroatoms. The minimum atomic E-state index is -0.714. The molecule has 1 rings (SSSR count). The fourth-order valence-corrected chi connectivity index (χ4v) is 1.61. The van der Waals surface area contributed by atoms with E-state index in [0.717, 1.165) is 5.56 Å². The summed E-state index contributed by atoms with van der Waals surface area (Å²) in [6, 6.07) is 6.94. The van der Waals surface area contributed by atoms with Gasteiger partial charge in [-0.2, -0.15) is 0 Å². The molecule has 2 N–H and O–H groups in total. The van der Waals surface area contributed by atoms with Crippen LogP contribution >= 0.6 is 11.6 Å². The number of esters is 1. The molecule has 0 unspecified atom stereocenters. The summed E-state index contributed by atoms with van der Waals surface area (Å²) < 4.78 is 4.53. The molecule has 0 saturated carbocycles. The highest BCUT2D eigenvalue weighted by Gasteiger charge is 2.19. The van der Waals surface area contributed by atoms with Gasteiger partial charge in [0.05, 0.1) is 12.8 Å². The number of carbonyl (C=O) groups is 1. The molecule has 0 aliphatic carbocycles. The van der Waals surface area contributed by atoms with E-state index in [2.05, 4.69) is 4.74 Å². The third-order valence-electron chi connectivity index (χ3n) is 2.35. The molecule has 18 heavy (non-hydrogen) atoms. The SMILES string of the molecule is COC(=O)C(C(=N)Cc1ccc(Cl)cc1)=C(C)O. The number of carbonyl (C=O) groups excluding carboxylic acids is 1. The zero-order valence-electron chi connectivity index (χ0n) is 10.2. The van der Waals surface area contributed by atoms with Crippen LogP contribution in [0.15, 0.2) is 35.6 Å². The summed E-state index contributed by atoms with van der Waals surface area (Å²) in [5, 5.41) is 17.9. The Hall–Kier alpha value is -1.81. The molecule has 0 aliphatic heterocycles. The van der Waals surface area contributed by atoms with Crippen molar-refractivity contribution in [2.45, 2.75) is 13.3 Å². The van der Waals surface area contributed by atoms with E-state index >= 15 is 0 Å². The summed E-state index contributed by atoms with van der Waals surface area (Å²) in [5.41, 5.74) is 0.726. The molecule has 0 radical (unpaired) electrons. The maximum Gasteiger partial charge on any atom is 0.343 e. The highest BCUT2D eigenvalue weighted by atomic mass is 35.5. The number of hydrogen-bond acceptors (Lipinski definition) is 4. The average molecular weight is 268 g/mol. The first-order chi connectivity index (χ1) is 8.45. The molecule has 0 saturated heterocycles. The maximum absolute atomic E-state index is 11.4. The van der Waals surface area contributed by atoms with Gasteiger partial charge in [-0.1, -0.05) is 23.7 Å². The lowest BCUT2D eigenvalue weighted by Gasteiger charge is -2.08. The second-order valence-electron chi connectivity index (χ2n) is 3.73. The molecule has 0 aromatic heterocycles. The van der Waals surface area contributed by atoms with Crippen molar-refractivity contribution in [3.05, 3.63) is 46.2 Å². The monoisotopic (exact) mass is 267 g/mol. The van der Waals surface area contributed by atoms with E-state index in [4.69, 9.17) is 17.0 Å². The lowest BCUT2D eigenvalue weighted by Crippen LogP contribution is -2.17. The molecule has 0 fully saturated rings. The van der Waals surface area contributed by atoms with Gasteiger partial charge in [0.25, 0.3) is 0 Å². The normalized spacial score (nSPS) is 11.7. The zero-order chi connectivity index (χ0) is 13.7. The average Bonchev–Trinajstić information content (AvgIpc) is 2.31. The van der Waals surface area contributed by atoms with Crippen LogP contribution in [-0.4, -0.2) is 23.9 Å². The first-order valence-electron chi connectivity index (χ1n) is 5.26. The van der Waals surface area contributed by atoms with E-state index in [-0.39, 0.29) is 23.5 Å².